The first kappa shape index (κ1) is 11.9. The maximum absolute atomic E-state index is 10.9. The van der Waals surface area contributed by atoms with Gasteiger partial charge in [-0.15, -0.1) is 0 Å². The van der Waals surface area contributed by atoms with Crippen molar-refractivity contribution in [1.29, 1.82) is 0 Å². The molecule has 1 atom stereocenters. The molecular weight excluding hydrogens is 216 g/mol. The summed E-state index contributed by atoms with van der Waals surface area (Å²) in [6, 6.07) is 10.5. The minimum absolute atomic E-state index is 0.278. The lowest BCUT2D eigenvalue weighted by molar-refractivity contribution is 0.126. The Bertz CT molecular complexity index is 367. The lowest BCUT2D eigenvalue weighted by atomic mass is 10.1. The molecule has 1 aromatic carbocycles. The van der Waals surface area contributed by atoms with Crippen molar-refractivity contribution < 1.29 is 9.90 Å². The zero-order valence-electron chi connectivity index (χ0n) is 9.80. The number of rotatable bonds is 3. The van der Waals surface area contributed by atoms with Crippen LogP contribution in [-0.4, -0.2) is 35.2 Å². The third kappa shape index (κ3) is 3.46. The van der Waals surface area contributed by atoms with E-state index < -0.39 is 6.09 Å². The van der Waals surface area contributed by atoms with Crippen molar-refractivity contribution in [1.82, 2.24) is 10.2 Å². The standard InChI is InChI=1S/C13H18N2O2/c16-13(17)15-8-4-7-12(10-15)14-9-11-5-2-1-3-6-11/h1-3,5-6,12,14H,4,7-10H2,(H,16,17). The van der Waals surface area contributed by atoms with Crippen LogP contribution in [0.3, 0.4) is 0 Å². The Morgan fingerprint density at radius 3 is 2.88 bits per heavy atom. The Labute approximate surface area is 101 Å². The van der Waals surface area contributed by atoms with Gasteiger partial charge in [0, 0.05) is 25.7 Å². The zero-order valence-corrected chi connectivity index (χ0v) is 9.80. The molecule has 1 aliphatic rings. The number of nitrogens with one attached hydrogen (secondary N) is 1. The summed E-state index contributed by atoms with van der Waals surface area (Å²) in [6.45, 7) is 2.07. The van der Waals surface area contributed by atoms with Gasteiger partial charge < -0.3 is 15.3 Å². The molecule has 0 aromatic heterocycles. The van der Waals surface area contributed by atoms with Crippen molar-refractivity contribution in [2.75, 3.05) is 13.1 Å². The van der Waals surface area contributed by atoms with Gasteiger partial charge in [0.15, 0.2) is 0 Å². The van der Waals surface area contributed by atoms with Crippen LogP contribution in [0.4, 0.5) is 4.79 Å². The third-order valence-corrected chi connectivity index (χ3v) is 3.13. The van der Waals surface area contributed by atoms with E-state index in [4.69, 9.17) is 5.11 Å². The normalized spacial score (nSPS) is 20.2. The summed E-state index contributed by atoms with van der Waals surface area (Å²) >= 11 is 0. The zero-order chi connectivity index (χ0) is 12.1. The first-order valence-corrected chi connectivity index (χ1v) is 6.01. The molecule has 2 N–H and O–H groups in total. The molecule has 1 aromatic rings. The highest BCUT2D eigenvalue weighted by molar-refractivity contribution is 5.65. The molecule has 0 saturated carbocycles. The summed E-state index contributed by atoms with van der Waals surface area (Å²) in [5, 5.41) is 12.4. The molecule has 17 heavy (non-hydrogen) atoms. The Morgan fingerprint density at radius 1 is 1.41 bits per heavy atom. The summed E-state index contributed by atoms with van der Waals surface area (Å²) in [7, 11) is 0. The van der Waals surface area contributed by atoms with E-state index in [1.807, 2.05) is 18.2 Å². The average Bonchev–Trinajstić information content (AvgIpc) is 2.38. The Kier molecular flexibility index (Phi) is 3.98. The minimum atomic E-state index is -0.809. The number of benzene rings is 1. The molecule has 0 spiro atoms. The van der Waals surface area contributed by atoms with Crippen LogP contribution >= 0.6 is 0 Å². The molecule has 1 heterocycles. The minimum Gasteiger partial charge on any atom is -0.465 e. The van der Waals surface area contributed by atoms with Crippen LogP contribution in [0.2, 0.25) is 0 Å². The van der Waals surface area contributed by atoms with Gasteiger partial charge in [-0.1, -0.05) is 30.3 Å². The first-order valence-electron chi connectivity index (χ1n) is 6.01. The Hall–Kier alpha value is -1.55. The molecule has 0 aliphatic carbocycles. The largest absolute Gasteiger partial charge is 0.465 e. The number of carbonyl (C=O) groups is 1. The van der Waals surface area contributed by atoms with Gasteiger partial charge in [0.2, 0.25) is 0 Å². The van der Waals surface area contributed by atoms with Crippen LogP contribution in [0, 0.1) is 0 Å². The van der Waals surface area contributed by atoms with Gasteiger partial charge in [0.1, 0.15) is 0 Å². The number of hydrogen-bond acceptors (Lipinski definition) is 2. The van der Waals surface area contributed by atoms with Gasteiger partial charge in [-0.05, 0) is 18.4 Å². The van der Waals surface area contributed by atoms with E-state index in [0.717, 1.165) is 19.4 Å². The molecule has 1 amide bonds. The molecule has 1 aliphatic heterocycles. The third-order valence-electron chi connectivity index (χ3n) is 3.13. The predicted molar refractivity (Wildman–Crippen MR) is 65.9 cm³/mol. The van der Waals surface area contributed by atoms with Crippen LogP contribution in [0.25, 0.3) is 0 Å². The second-order valence-corrected chi connectivity index (χ2v) is 4.43. The average molecular weight is 234 g/mol. The van der Waals surface area contributed by atoms with Gasteiger partial charge in [-0.2, -0.15) is 0 Å². The van der Waals surface area contributed by atoms with E-state index in [1.54, 1.807) is 0 Å². The van der Waals surface area contributed by atoms with E-state index in [0.29, 0.717) is 13.1 Å². The fourth-order valence-corrected chi connectivity index (χ4v) is 2.18. The molecule has 4 heteroatoms. The van der Waals surface area contributed by atoms with E-state index in [1.165, 1.54) is 10.5 Å². The van der Waals surface area contributed by atoms with Crippen molar-refractivity contribution in [2.24, 2.45) is 0 Å². The SMILES string of the molecule is O=C(O)N1CCCC(NCc2ccccc2)C1. The molecular formula is C13H18N2O2. The van der Waals surface area contributed by atoms with Crippen molar-refractivity contribution in [3.05, 3.63) is 35.9 Å². The highest BCUT2D eigenvalue weighted by Gasteiger charge is 2.22. The molecule has 1 saturated heterocycles. The maximum Gasteiger partial charge on any atom is 0.407 e. The summed E-state index contributed by atoms with van der Waals surface area (Å²) in [5.41, 5.74) is 1.24. The number of hydrogen-bond donors (Lipinski definition) is 2. The molecule has 0 bridgehead atoms. The van der Waals surface area contributed by atoms with Gasteiger partial charge in [0.25, 0.3) is 0 Å². The maximum atomic E-state index is 10.9. The van der Waals surface area contributed by atoms with Gasteiger partial charge in [-0.3, -0.25) is 0 Å². The van der Waals surface area contributed by atoms with Crippen molar-refractivity contribution in [3.63, 3.8) is 0 Å². The second kappa shape index (κ2) is 5.68. The molecule has 0 radical (unpaired) electrons. The molecule has 1 unspecified atom stereocenters. The molecule has 1 fully saturated rings. The van der Waals surface area contributed by atoms with Crippen molar-refractivity contribution in [2.45, 2.75) is 25.4 Å². The van der Waals surface area contributed by atoms with E-state index in [9.17, 15) is 4.79 Å². The fourth-order valence-electron chi connectivity index (χ4n) is 2.18. The van der Waals surface area contributed by atoms with Crippen LogP contribution in [0.15, 0.2) is 30.3 Å². The summed E-state index contributed by atoms with van der Waals surface area (Å²) < 4.78 is 0. The molecule has 4 nitrogen and oxygen atoms in total. The second-order valence-electron chi connectivity index (χ2n) is 4.43. The van der Waals surface area contributed by atoms with E-state index in [-0.39, 0.29) is 6.04 Å². The van der Waals surface area contributed by atoms with Crippen molar-refractivity contribution in [3.8, 4) is 0 Å². The van der Waals surface area contributed by atoms with Crippen LogP contribution < -0.4 is 5.32 Å². The van der Waals surface area contributed by atoms with Gasteiger partial charge >= 0.3 is 6.09 Å². The first-order chi connectivity index (χ1) is 8.25. The van der Waals surface area contributed by atoms with Crippen LogP contribution in [-0.2, 0) is 6.54 Å². The lowest BCUT2D eigenvalue weighted by Crippen LogP contribution is -2.47. The number of piperidine rings is 1. The Morgan fingerprint density at radius 2 is 2.18 bits per heavy atom. The highest BCUT2D eigenvalue weighted by Crippen LogP contribution is 2.11. The Balaban J connectivity index is 1.81. The van der Waals surface area contributed by atoms with Crippen molar-refractivity contribution >= 4 is 6.09 Å². The molecule has 92 valence electrons. The number of likely N-dealkylation sites (tertiary alicyclic amines) is 1. The topological polar surface area (TPSA) is 52.6 Å². The van der Waals surface area contributed by atoms with Gasteiger partial charge in [0.05, 0.1) is 0 Å². The highest BCUT2D eigenvalue weighted by atomic mass is 16.4. The number of amides is 1. The summed E-state index contributed by atoms with van der Waals surface area (Å²) in [6.07, 6.45) is 1.19. The predicted octanol–water partition coefficient (Wildman–Crippen LogP) is 1.92. The number of nitrogens with zero attached hydrogens (tertiary/aromatic N) is 1. The monoisotopic (exact) mass is 234 g/mol. The van der Waals surface area contributed by atoms with Crippen LogP contribution in [0.1, 0.15) is 18.4 Å². The van der Waals surface area contributed by atoms with E-state index >= 15 is 0 Å². The summed E-state index contributed by atoms with van der Waals surface area (Å²) in [5.74, 6) is 0. The lowest BCUT2D eigenvalue weighted by Gasteiger charge is -2.31. The number of carboxylic acid groups (broad SMARTS) is 1. The van der Waals surface area contributed by atoms with E-state index in [2.05, 4.69) is 17.4 Å². The molecule has 2 rings (SSSR count). The van der Waals surface area contributed by atoms with Gasteiger partial charge in [-0.25, -0.2) is 4.79 Å². The quantitative estimate of drug-likeness (QED) is 0.840. The van der Waals surface area contributed by atoms with Crippen LogP contribution in [0.5, 0.6) is 0 Å². The summed E-state index contributed by atoms with van der Waals surface area (Å²) in [4.78, 5) is 12.4. The fraction of sp³-hybridized carbons (Fsp3) is 0.462. The smallest absolute Gasteiger partial charge is 0.407 e.